The van der Waals surface area contributed by atoms with Gasteiger partial charge in [-0.15, -0.1) is 0 Å². The van der Waals surface area contributed by atoms with Gasteiger partial charge in [0.15, 0.2) is 0 Å². The van der Waals surface area contributed by atoms with Crippen LogP contribution in [-0.2, 0) is 21.3 Å². The molecule has 1 heterocycles. The lowest BCUT2D eigenvalue weighted by atomic mass is 10.2. The molecule has 2 atom stereocenters. The van der Waals surface area contributed by atoms with Crippen molar-refractivity contribution in [2.75, 3.05) is 13.7 Å². The smallest absolute Gasteiger partial charge is 0.240 e. The number of sulfonamides is 1. The first-order chi connectivity index (χ1) is 9.03. The summed E-state index contributed by atoms with van der Waals surface area (Å²) in [5.74, 6) is 0. The summed E-state index contributed by atoms with van der Waals surface area (Å²) in [6, 6.07) is 6.83. The predicted octanol–water partition coefficient (Wildman–Crippen LogP) is 0.862. The van der Waals surface area contributed by atoms with Gasteiger partial charge in [-0.25, -0.2) is 13.1 Å². The SMILES string of the molecule is CNCc1cccc(S(=O)(=O)NC2CCOC2C)c1. The van der Waals surface area contributed by atoms with E-state index in [1.54, 1.807) is 18.2 Å². The lowest BCUT2D eigenvalue weighted by Crippen LogP contribution is -2.39. The maximum absolute atomic E-state index is 12.3. The summed E-state index contributed by atoms with van der Waals surface area (Å²) in [4.78, 5) is 0.305. The van der Waals surface area contributed by atoms with Crippen molar-refractivity contribution >= 4 is 10.0 Å². The molecule has 0 spiro atoms. The van der Waals surface area contributed by atoms with Crippen molar-refractivity contribution in [1.29, 1.82) is 0 Å². The number of nitrogens with one attached hydrogen (secondary N) is 2. The van der Waals surface area contributed by atoms with E-state index >= 15 is 0 Å². The molecular weight excluding hydrogens is 264 g/mol. The van der Waals surface area contributed by atoms with Crippen molar-refractivity contribution in [2.45, 2.75) is 36.9 Å². The van der Waals surface area contributed by atoms with E-state index in [1.165, 1.54) is 0 Å². The van der Waals surface area contributed by atoms with Crippen molar-refractivity contribution in [3.05, 3.63) is 29.8 Å². The van der Waals surface area contributed by atoms with Gasteiger partial charge < -0.3 is 10.1 Å². The lowest BCUT2D eigenvalue weighted by Gasteiger charge is -2.16. The van der Waals surface area contributed by atoms with Crippen molar-refractivity contribution < 1.29 is 13.2 Å². The van der Waals surface area contributed by atoms with Crippen molar-refractivity contribution in [2.24, 2.45) is 0 Å². The Bertz CT molecular complexity index is 530. The van der Waals surface area contributed by atoms with Crippen molar-refractivity contribution in [1.82, 2.24) is 10.0 Å². The fourth-order valence-corrected chi connectivity index (χ4v) is 3.59. The molecule has 106 valence electrons. The molecule has 0 bridgehead atoms. The van der Waals surface area contributed by atoms with Gasteiger partial charge >= 0.3 is 0 Å². The second-order valence-corrected chi connectivity index (χ2v) is 6.48. The van der Waals surface area contributed by atoms with Crippen LogP contribution < -0.4 is 10.0 Å². The molecule has 6 heteroatoms. The standard InChI is InChI=1S/C13H20N2O3S/c1-10-13(6-7-18-10)15-19(16,17)12-5-3-4-11(8-12)9-14-2/h3-5,8,10,13-15H,6-7,9H2,1-2H3. The maximum Gasteiger partial charge on any atom is 0.240 e. The highest BCUT2D eigenvalue weighted by atomic mass is 32.2. The predicted molar refractivity (Wildman–Crippen MR) is 73.3 cm³/mol. The Hall–Kier alpha value is -0.950. The van der Waals surface area contributed by atoms with Crippen molar-refractivity contribution in [3.63, 3.8) is 0 Å². The minimum absolute atomic E-state index is 0.0738. The van der Waals surface area contributed by atoms with Gasteiger partial charge in [0.2, 0.25) is 10.0 Å². The van der Waals surface area contributed by atoms with Gasteiger partial charge in [-0.2, -0.15) is 0 Å². The van der Waals surface area contributed by atoms with E-state index in [0.29, 0.717) is 18.0 Å². The summed E-state index contributed by atoms with van der Waals surface area (Å²) >= 11 is 0. The molecule has 1 aliphatic heterocycles. The molecule has 0 amide bonds. The minimum atomic E-state index is -3.48. The normalized spacial score (nSPS) is 23.7. The summed E-state index contributed by atoms with van der Waals surface area (Å²) in [7, 11) is -1.64. The Morgan fingerprint density at radius 3 is 2.84 bits per heavy atom. The quantitative estimate of drug-likeness (QED) is 0.841. The van der Waals surface area contributed by atoms with Crippen molar-refractivity contribution in [3.8, 4) is 0 Å². The highest BCUT2D eigenvalue weighted by molar-refractivity contribution is 7.89. The summed E-state index contributed by atoms with van der Waals surface area (Å²) in [6.07, 6.45) is 0.645. The zero-order valence-electron chi connectivity index (χ0n) is 11.2. The second kappa shape index (κ2) is 6.00. The number of hydrogen-bond donors (Lipinski definition) is 2. The topological polar surface area (TPSA) is 67.4 Å². The molecular formula is C13H20N2O3S. The van der Waals surface area contributed by atoms with Gasteiger partial charge in [0, 0.05) is 13.2 Å². The first-order valence-electron chi connectivity index (χ1n) is 6.40. The van der Waals surface area contributed by atoms with E-state index in [0.717, 1.165) is 12.0 Å². The monoisotopic (exact) mass is 284 g/mol. The molecule has 0 aliphatic carbocycles. The zero-order chi connectivity index (χ0) is 13.9. The van der Waals surface area contributed by atoms with E-state index < -0.39 is 10.0 Å². The molecule has 1 fully saturated rings. The van der Waals surface area contributed by atoms with Gasteiger partial charge in [0.25, 0.3) is 0 Å². The van der Waals surface area contributed by atoms with Crippen LogP contribution in [-0.4, -0.2) is 34.2 Å². The first kappa shape index (κ1) is 14.5. The van der Waals surface area contributed by atoms with Crippen LogP contribution in [0.1, 0.15) is 18.9 Å². The number of ether oxygens (including phenoxy) is 1. The summed E-state index contributed by atoms with van der Waals surface area (Å²) in [6.45, 7) is 3.14. The van der Waals surface area contributed by atoms with Gasteiger partial charge in [-0.05, 0) is 38.1 Å². The largest absolute Gasteiger partial charge is 0.377 e. The molecule has 0 aromatic heterocycles. The Morgan fingerprint density at radius 2 is 2.21 bits per heavy atom. The van der Waals surface area contributed by atoms with E-state index in [-0.39, 0.29) is 12.1 Å². The number of hydrogen-bond acceptors (Lipinski definition) is 4. The molecule has 1 aliphatic rings. The molecule has 0 saturated carbocycles. The Balaban J connectivity index is 2.16. The van der Waals surface area contributed by atoms with Crippen LogP contribution in [0.3, 0.4) is 0 Å². The maximum atomic E-state index is 12.3. The second-order valence-electron chi connectivity index (χ2n) is 4.77. The fraction of sp³-hybridized carbons (Fsp3) is 0.538. The molecule has 2 rings (SSSR count). The summed E-state index contributed by atoms with van der Waals surface area (Å²) in [5, 5.41) is 3.01. The molecule has 5 nitrogen and oxygen atoms in total. The van der Waals surface area contributed by atoms with Crippen LogP contribution in [0.15, 0.2) is 29.2 Å². The molecule has 19 heavy (non-hydrogen) atoms. The Morgan fingerprint density at radius 1 is 1.42 bits per heavy atom. The zero-order valence-corrected chi connectivity index (χ0v) is 12.0. The molecule has 2 N–H and O–H groups in total. The molecule has 1 aromatic rings. The average molecular weight is 284 g/mol. The molecule has 0 radical (unpaired) electrons. The fourth-order valence-electron chi connectivity index (χ4n) is 2.18. The van der Waals surface area contributed by atoms with Crippen LogP contribution >= 0.6 is 0 Å². The molecule has 1 saturated heterocycles. The Kier molecular flexibility index (Phi) is 4.57. The Labute approximate surface area is 114 Å². The summed E-state index contributed by atoms with van der Waals surface area (Å²) < 4.78 is 32.7. The molecule has 2 unspecified atom stereocenters. The van der Waals surface area contributed by atoms with Crippen LogP contribution in [0.25, 0.3) is 0 Å². The van der Waals surface area contributed by atoms with Crippen LogP contribution in [0.5, 0.6) is 0 Å². The van der Waals surface area contributed by atoms with Gasteiger partial charge in [0.1, 0.15) is 0 Å². The molecule has 1 aromatic carbocycles. The lowest BCUT2D eigenvalue weighted by molar-refractivity contribution is 0.117. The van der Waals surface area contributed by atoms with E-state index in [2.05, 4.69) is 10.0 Å². The van der Waals surface area contributed by atoms with E-state index in [1.807, 2.05) is 20.0 Å². The average Bonchev–Trinajstić information content (AvgIpc) is 2.75. The van der Waals surface area contributed by atoms with E-state index in [4.69, 9.17) is 4.74 Å². The third kappa shape index (κ3) is 3.54. The van der Waals surface area contributed by atoms with Crippen LogP contribution in [0.2, 0.25) is 0 Å². The van der Waals surface area contributed by atoms with Gasteiger partial charge in [-0.1, -0.05) is 12.1 Å². The minimum Gasteiger partial charge on any atom is -0.377 e. The van der Waals surface area contributed by atoms with Crippen LogP contribution in [0.4, 0.5) is 0 Å². The highest BCUT2D eigenvalue weighted by Gasteiger charge is 2.29. The first-order valence-corrected chi connectivity index (χ1v) is 7.89. The summed E-state index contributed by atoms with van der Waals surface area (Å²) in [5.41, 5.74) is 0.945. The van der Waals surface area contributed by atoms with Crippen LogP contribution in [0, 0.1) is 0 Å². The van der Waals surface area contributed by atoms with E-state index in [9.17, 15) is 8.42 Å². The highest BCUT2D eigenvalue weighted by Crippen LogP contribution is 2.17. The number of rotatable bonds is 5. The third-order valence-electron chi connectivity index (χ3n) is 3.27. The number of benzene rings is 1. The van der Waals surface area contributed by atoms with Gasteiger partial charge in [0.05, 0.1) is 17.0 Å². The van der Waals surface area contributed by atoms with Gasteiger partial charge in [-0.3, -0.25) is 0 Å². The third-order valence-corrected chi connectivity index (χ3v) is 4.76.